The lowest BCUT2D eigenvalue weighted by molar-refractivity contribution is 0.190. The average Bonchev–Trinajstić information content (AvgIpc) is 2.67. The smallest absolute Gasteiger partial charge is 0.304 e. The highest BCUT2D eigenvalue weighted by Crippen LogP contribution is 2.50. The molecule has 0 aliphatic carbocycles. The third-order valence-electron chi connectivity index (χ3n) is 3.86. The van der Waals surface area contributed by atoms with Crippen molar-refractivity contribution in [2.24, 2.45) is 0 Å². The summed E-state index contributed by atoms with van der Waals surface area (Å²) in [4.78, 5) is 0. The lowest BCUT2D eigenvalue weighted by atomic mass is 10.2. The van der Waals surface area contributed by atoms with Gasteiger partial charge in [-0.15, -0.1) is 0 Å². The number of rotatable bonds is 12. The second kappa shape index (κ2) is 11.6. The van der Waals surface area contributed by atoms with E-state index < -0.39 is 7.60 Å². The molecule has 25 heavy (non-hydrogen) atoms. The Bertz CT molecular complexity index is 586. The second-order valence-corrected chi connectivity index (χ2v) is 8.93. The summed E-state index contributed by atoms with van der Waals surface area (Å²) >= 11 is 3.44. The van der Waals surface area contributed by atoms with Crippen LogP contribution in [0.4, 0.5) is 0 Å². The largest absolute Gasteiger partial charge is 0.331 e. The summed E-state index contributed by atoms with van der Waals surface area (Å²) in [6, 6.07) is 19.6. The predicted octanol–water partition coefficient (Wildman–Crippen LogP) is 6.57. The molecule has 0 bridgehead atoms. The van der Waals surface area contributed by atoms with Gasteiger partial charge in [0.25, 0.3) is 0 Å². The minimum absolute atomic E-state index is 0.314. The number of unbranched alkanes of at least 4 members (excludes halogenated alkanes) is 3. The van der Waals surface area contributed by atoms with Crippen molar-refractivity contribution in [1.29, 1.82) is 0 Å². The maximum Gasteiger partial charge on any atom is 0.331 e. The van der Waals surface area contributed by atoms with Gasteiger partial charge in [0, 0.05) is 5.33 Å². The Morgan fingerprint density at radius 3 is 1.68 bits per heavy atom. The Morgan fingerprint density at radius 2 is 1.20 bits per heavy atom. The zero-order chi connectivity index (χ0) is 17.8. The third-order valence-corrected chi connectivity index (χ3v) is 6.33. The van der Waals surface area contributed by atoms with Crippen molar-refractivity contribution < 1.29 is 13.6 Å². The van der Waals surface area contributed by atoms with Crippen LogP contribution in [-0.2, 0) is 26.8 Å². The van der Waals surface area contributed by atoms with Gasteiger partial charge >= 0.3 is 7.60 Å². The molecule has 2 rings (SSSR count). The van der Waals surface area contributed by atoms with Gasteiger partial charge in [0.1, 0.15) is 0 Å². The molecule has 0 heterocycles. The molecule has 0 amide bonds. The number of hydrogen-bond donors (Lipinski definition) is 0. The van der Waals surface area contributed by atoms with Crippen LogP contribution in [-0.4, -0.2) is 11.5 Å². The second-order valence-electron chi connectivity index (χ2n) is 5.96. The number of alkyl halides is 1. The molecule has 0 aromatic heterocycles. The van der Waals surface area contributed by atoms with Gasteiger partial charge in [-0.3, -0.25) is 4.57 Å². The molecular formula is C20H26BrO3P. The number of benzene rings is 2. The van der Waals surface area contributed by atoms with Gasteiger partial charge in [-0.2, -0.15) is 0 Å². The Hall–Kier alpha value is -0.930. The monoisotopic (exact) mass is 424 g/mol. The molecule has 5 heteroatoms. The highest BCUT2D eigenvalue weighted by atomic mass is 79.9. The van der Waals surface area contributed by atoms with Crippen molar-refractivity contribution in [3.05, 3.63) is 71.8 Å². The summed E-state index contributed by atoms with van der Waals surface area (Å²) in [6.07, 6.45) is 4.63. The lowest BCUT2D eigenvalue weighted by Gasteiger charge is -2.19. The minimum atomic E-state index is -3.11. The van der Waals surface area contributed by atoms with Crippen LogP contribution in [0.3, 0.4) is 0 Å². The van der Waals surface area contributed by atoms with E-state index >= 15 is 0 Å². The fraction of sp³-hybridized carbons (Fsp3) is 0.400. The van der Waals surface area contributed by atoms with Crippen LogP contribution in [0.15, 0.2) is 60.7 Å². The first-order valence-corrected chi connectivity index (χ1v) is 11.6. The number of halogens is 1. The van der Waals surface area contributed by atoms with Gasteiger partial charge in [0.15, 0.2) is 0 Å². The molecule has 2 aromatic rings. The minimum Gasteiger partial charge on any atom is -0.304 e. The van der Waals surface area contributed by atoms with Crippen LogP contribution < -0.4 is 0 Å². The maximum atomic E-state index is 13.1. The Balaban J connectivity index is 1.90. The molecular weight excluding hydrogens is 399 g/mol. The average molecular weight is 425 g/mol. The molecule has 0 aliphatic rings. The molecule has 0 fully saturated rings. The third kappa shape index (κ3) is 8.33. The molecule has 0 aliphatic heterocycles. The summed E-state index contributed by atoms with van der Waals surface area (Å²) in [7, 11) is -3.11. The lowest BCUT2D eigenvalue weighted by Crippen LogP contribution is -2.02. The molecule has 136 valence electrons. The van der Waals surface area contributed by atoms with Crippen LogP contribution in [0.25, 0.3) is 0 Å². The SMILES string of the molecule is O=P(CCCCCCBr)(OCc1ccccc1)OCc1ccccc1. The van der Waals surface area contributed by atoms with Gasteiger partial charge in [-0.1, -0.05) is 89.4 Å². The molecule has 0 saturated carbocycles. The first-order valence-electron chi connectivity index (χ1n) is 8.74. The molecule has 2 aromatic carbocycles. The molecule has 0 spiro atoms. The highest BCUT2D eigenvalue weighted by Gasteiger charge is 2.24. The van der Waals surface area contributed by atoms with Crippen LogP contribution >= 0.6 is 23.5 Å². The van der Waals surface area contributed by atoms with Crippen LogP contribution in [0.5, 0.6) is 0 Å². The fourth-order valence-electron chi connectivity index (χ4n) is 2.41. The van der Waals surface area contributed by atoms with E-state index in [0.717, 1.165) is 42.1 Å². The Kier molecular flexibility index (Phi) is 9.49. The molecule has 0 saturated heterocycles. The van der Waals surface area contributed by atoms with Crippen molar-refractivity contribution in [2.75, 3.05) is 11.5 Å². The highest BCUT2D eigenvalue weighted by molar-refractivity contribution is 9.09. The zero-order valence-electron chi connectivity index (χ0n) is 14.5. The predicted molar refractivity (Wildman–Crippen MR) is 107 cm³/mol. The number of hydrogen-bond acceptors (Lipinski definition) is 3. The summed E-state index contributed by atoms with van der Waals surface area (Å²) < 4.78 is 24.7. The zero-order valence-corrected chi connectivity index (χ0v) is 17.0. The van der Waals surface area contributed by atoms with E-state index in [2.05, 4.69) is 15.9 Å². The standard InChI is InChI=1S/C20H26BrO3P/c21-15-9-1-2-10-16-25(22,23-17-19-11-5-3-6-12-19)24-18-20-13-7-4-8-14-20/h3-8,11-14H,1-2,9-10,15-18H2. The first-order chi connectivity index (χ1) is 12.2. The Labute approximate surface area is 159 Å². The van der Waals surface area contributed by atoms with Crippen molar-refractivity contribution in [2.45, 2.75) is 38.9 Å². The van der Waals surface area contributed by atoms with Crippen molar-refractivity contribution in [1.82, 2.24) is 0 Å². The van der Waals surface area contributed by atoms with Gasteiger partial charge in [-0.25, -0.2) is 0 Å². The van der Waals surface area contributed by atoms with Gasteiger partial charge in [0.05, 0.1) is 19.4 Å². The van der Waals surface area contributed by atoms with Crippen LogP contribution in [0.2, 0.25) is 0 Å². The van der Waals surface area contributed by atoms with Crippen LogP contribution in [0, 0.1) is 0 Å². The summed E-state index contributed by atoms with van der Waals surface area (Å²) in [6.45, 7) is 0.628. The molecule has 3 nitrogen and oxygen atoms in total. The van der Waals surface area contributed by atoms with Gasteiger partial charge < -0.3 is 9.05 Å². The van der Waals surface area contributed by atoms with Crippen molar-refractivity contribution in [3.63, 3.8) is 0 Å². The van der Waals surface area contributed by atoms with E-state index in [1.54, 1.807) is 0 Å². The summed E-state index contributed by atoms with van der Waals surface area (Å²) in [5, 5.41) is 1.01. The Morgan fingerprint density at radius 1 is 0.720 bits per heavy atom. The van der Waals surface area contributed by atoms with Crippen molar-refractivity contribution >= 4 is 23.5 Å². The van der Waals surface area contributed by atoms with E-state index in [-0.39, 0.29) is 0 Å². The van der Waals surface area contributed by atoms with E-state index in [1.165, 1.54) is 0 Å². The van der Waals surface area contributed by atoms with Crippen molar-refractivity contribution in [3.8, 4) is 0 Å². The topological polar surface area (TPSA) is 35.5 Å². The quantitative estimate of drug-likeness (QED) is 0.219. The molecule has 0 radical (unpaired) electrons. The molecule has 0 N–H and O–H groups in total. The van der Waals surface area contributed by atoms with Gasteiger partial charge in [-0.05, 0) is 24.0 Å². The summed E-state index contributed by atoms with van der Waals surface area (Å²) in [5.41, 5.74) is 2.01. The van der Waals surface area contributed by atoms with Crippen LogP contribution in [0.1, 0.15) is 36.8 Å². The normalized spacial score (nSPS) is 11.6. The summed E-state index contributed by atoms with van der Waals surface area (Å²) in [5.74, 6) is 0. The van der Waals surface area contributed by atoms with Gasteiger partial charge in [0.2, 0.25) is 0 Å². The van der Waals surface area contributed by atoms with E-state index in [0.29, 0.717) is 19.4 Å². The molecule has 0 unspecified atom stereocenters. The molecule has 0 atom stereocenters. The fourth-order valence-corrected chi connectivity index (χ4v) is 4.45. The first kappa shape index (κ1) is 20.4. The van der Waals surface area contributed by atoms with E-state index in [4.69, 9.17) is 9.05 Å². The maximum absolute atomic E-state index is 13.1. The van der Waals surface area contributed by atoms with E-state index in [1.807, 2.05) is 60.7 Å². The van der Waals surface area contributed by atoms with E-state index in [9.17, 15) is 4.57 Å².